The second kappa shape index (κ2) is 10.7. The van der Waals surface area contributed by atoms with E-state index in [4.69, 9.17) is 4.74 Å². The summed E-state index contributed by atoms with van der Waals surface area (Å²) in [7, 11) is 1.50. The lowest BCUT2D eigenvalue weighted by Crippen LogP contribution is -2.60. The highest BCUT2D eigenvalue weighted by atomic mass is 32.1. The van der Waals surface area contributed by atoms with Gasteiger partial charge in [0.1, 0.15) is 16.5 Å². The molecule has 0 aliphatic carbocycles. The van der Waals surface area contributed by atoms with E-state index in [1.165, 1.54) is 25.7 Å². The van der Waals surface area contributed by atoms with Gasteiger partial charge in [-0.3, -0.25) is 19.5 Å². The van der Waals surface area contributed by atoms with Crippen molar-refractivity contribution in [3.05, 3.63) is 47.7 Å². The van der Waals surface area contributed by atoms with Crippen molar-refractivity contribution >= 4 is 39.9 Å². The number of methoxy groups -OCH3 is 1. The summed E-state index contributed by atoms with van der Waals surface area (Å²) in [5.74, 6) is -0.197. The average molecular weight is 505 g/mol. The van der Waals surface area contributed by atoms with Crippen LogP contribution in [0.5, 0.6) is 5.88 Å². The van der Waals surface area contributed by atoms with Gasteiger partial charge in [0.15, 0.2) is 0 Å². The van der Waals surface area contributed by atoms with E-state index in [1.54, 1.807) is 24.0 Å². The number of aromatic nitrogens is 4. The molecule has 0 radical (unpaired) electrons. The third-order valence-corrected chi connectivity index (χ3v) is 5.94. The smallest absolute Gasteiger partial charge is 0.271 e. The molecule has 2 amide bonds. The summed E-state index contributed by atoms with van der Waals surface area (Å²) >= 11 is 1.07. The fraction of sp³-hybridized carbons (Fsp3) is 0.333. The van der Waals surface area contributed by atoms with Crippen LogP contribution in [0.4, 0.5) is 25.3 Å². The molecule has 1 aliphatic heterocycles. The summed E-state index contributed by atoms with van der Waals surface area (Å²) in [6.07, 6.45) is 1.78. The van der Waals surface area contributed by atoms with Gasteiger partial charge in [-0.1, -0.05) is 0 Å². The highest BCUT2D eigenvalue weighted by molar-refractivity contribution is 7.10. The summed E-state index contributed by atoms with van der Waals surface area (Å²) in [5, 5.41) is 8.94. The van der Waals surface area contributed by atoms with Crippen molar-refractivity contribution in [2.45, 2.75) is 19.4 Å². The van der Waals surface area contributed by atoms with E-state index in [2.05, 4.69) is 35.3 Å². The molecule has 14 heteroatoms. The Morgan fingerprint density at radius 1 is 1.23 bits per heavy atom. The molecule has 0 aromatic carbocycles. The molecule has 0 spiro atoms. The Hall–Kier alpha value is -3.78. The molecule has 0 unspecified atom stereocenters. The van der Waals surface area contributed by atoms with Gasteiger partial charge in [0.05, 0.1) is 55.2 Å². The van der Waals surface area contributed by atoms with Gasteiger partial charge < -0.3 is 20.7 Å². The van der Waals surface area contributed by atoms with Crippen LogP contribution in [0.25, 0.3) is 0 Å². The van der Waals surface area contributed by atoms with E-state index in [9.17, 15) is 18.4 Å². The maximum absolute atomic E-state index is 12.9. The van der Waals surface area contributed by atoms with Crippen molar-refractivity contribution in [3.63, 3.8) is 0 Å². The minimum atomic E-state index is -2.41. The Labute approximate surface area is 203 Å². The Balaban J connectivity index is 1.40. The number of hydrogen-bond donors (Lipinski definition) is 3. The van der Waals surface area contributed by atoms with E-state index >= 15 is 0 Å². The van der Waals surface area contributed by atoms with Gasteiger partial charge >= 0.3 is 0 Å². The van der Waals surface area contributed by atoms with E-state index in [-0.39, 0.29) is 24.1 Å². The largest absolute Gasteiger partial charge is 0.481 e. The molecule has 1 fully saturated rings. The highest BCUT2D eigenvalue weighted by Gasteiger charge is 2.30. The first-order valence-corrected chi connectivity index (χ1v) is 11.3. The second-order valence-corrected chi connectivity index (χ2v) is 8.48. The first-order chi connectivity index (χ1) is 16.8. The maximum Gasteiger partial charge on any atom is 0.271 e. The number of alkyl halides is 2. The molecule has 0 atom stereocenters. The Bertz CT molecular complexity index is 1200. The zero-order chi connectivity index (χ0) is 24.9. The fourth-order valence-corrected chi connectivity index (χ4v) is 4.21. The van der Waals surface area contributed by atoms with Crippen LogP contribution in [0.1, 0.15) is 26.5 Å². The number of nitrogens with zero attached hydrogens (tertiary/aromatic N) is 5. The molecule has 4 heterocycles. The molecule has 3 aromatic heterocycles. The zero-order valence-electron chi connectivity index (χ0n) is 18.8. The molecule has 3 aromatic rings. The quantitative estimate of drug-likeness (QED) is 0.401. The Morgan fingerprint density at radius 3 is 2.71 bits per heavy atom. The number of nitrogens with one attached hydrogen (secondary N) is 3. The van der Waals surface area contributed by atoms with E-state index in [1.807, 2.05) is 0 Å². The first-order valence-electron chi connectivity index (χ1n) is 10.5. The van der Waals surface area contributed by atoms with Crippen LogP contribution in [0, 0.1) is 6.92 Å². The molecule has 0 saturated carbocycles. The topological polar surface area (TPSA) is 134 Å². The molecule has 11 nitrogen and oxygen atoms in total. The van der Waals surface area contributed by atoms with E-state index < -0.39 is 18.2 Å². The zero-order valence-corrected chi connectivity index (χ0v) is 19.6. The van der Waals surface area contributed by atoms with Crippen LogP contribution in [0.2, 0.25) is 0 Å². The summed E-state index contributed by atoms with van der Waals surface area (Å²) in [6, 6.07) is 3.06. The third-order valence-electron chi connectivity index (χ3n) is 5.09. The molecule has 1 aliphatic rings. The van der Waals surface area contributed by atoms with Crippen LogP contribution >= 0.6 is 11.5 Å². The average Bonchev–Trinajstić information content (AvgIpc) is 3.17. The highest BCUT2D eigenvalue weighted by Crippen LogP contribution is 2.28. The van der Waals surface area contributed by atoms with Crippen LogP contribution in [0.3, 0.4) is 0 Å². The van der Waals surface area contributed by atoms with E-state index in [0.29, 0.717) is 40.9 Å². The molecule has 3 N–H and O–H groups in total. The number of amides is 2. The number of hydrogen-bond acceptors (Lipinski definition) is 10. The van der Waals surface area contributed by atoms with Gasteiger partial charge in [0, 0.05) is 19.2 Å². The predicted octanol–water partition coefficient (Wildman–Crippen LogP) is 2.32. The lowest BCUT2D eigenvalue weighted by atomic mass is 10.1. The number of pyridine rings is 1. The summed E-state index contributed by atoms with van der Waals surface area (Å²) in [5.41, 5.74) is 1.36. The molecule has 184 valence electrons. The molecular formula is C21H22F2N8O3S. The monoisotopic (exact) mass is 504 g/mol. The van der Waals surface area contributed by atoms with Crippen molar-refractivity contribution in [2.75, 3.05) is 37.4 Å². The van der Waals surface area contributed by atoms with Crippen LogP contribution in [-0.2, 0) is 0 Å². The van der Waals surface area contributed by atoms with Crippen LogP contribution < -0.4 is 20.7 Å². The fourth-order valence-electron chi connectivity index (χ4n) is 3.41. The van der Waals surface area contributed by atoms with Gasteiger partial charge in [0.2, 0.25) is 5.88 Å². The minimum Gasteiger partial charge on any atom is -0.481 e. The molecule has 0 bridgehead atoms. The summed E-state index contributed by atoms with van der Waals surface area (Å²) in [6.45, 7) is 2.09. The predicted molar refractivity (Wildman–Crippen MR) is 125 cm³/mol. The normalized spacial score (nSPS) is 13.9. The van der Waals surface area contributed by atoms with Gasteiger partial charge in [-0.25, -0.2) is 18.7 Å². The van der Waals surface area contributed by atoms with Crippen molar-refractivity contribution < 1.29 is 23.1 Å². The standard InChI is InChI=1S/C21H22F2N8O3S/c1-11-18(20(33)26-12-3-4-17(34-2)25-5-12)21(35-30-11)29-16-7-24-6-14(28-16)19(32)27-13-8-31(9-13)10-15(22)23/h3-7,13,15H,8-10H2,1-2H3,(H,26,33)(H,27,32)(H,28,29). The van der Waals surface area contributed by atoms with Crippen LogP contribution in [0.15, 0.2) is 30.7 Å². The number of likely N-dealkylation sites (tertiary alicyclic amines) is 1. The van der Waals surface area contributed by atoms with Gasteiger partial charge in [0.25, 0.3) is 18.2 Å². The maximum atomic E-state index is 12.9. The molecule has 35 heavy (non-hydrogen) atoms. The van der Waals surface area contributed by atoms with Crippen molar-refractivity contribution in [1.82, 2.24) is 29.5 Å². The molecular weight excluding hydrogens is 482 g/mol. The number of anilines is 3. The molecule has 1 saturated heterocycles. The lowest BCUT2D eigenvalue weighted by Gasteiger charge is -2.39. The first kappa shape index (κ1) is 24.3. The molecule has 4 rings (SSSR count). The van der Waals surface area contributed by atoms with Gasteiger partial charge in [-0.05, 0) is 24.5 Å². The number of carbonyl (C=O) groups excluding carboxylic acids is 2. The third kappa shape index (κ3) is 6.02. The van der Waals surface area contributed by atoms with Crippen molar-refractivity contribution in [2.24, 2.45) is 0 Å². The van der Waals surface area contributed by atoms with E-state index in [0.717, 1.165) is 11.5 Å². The van der Waals surface area contributed by atoms with Crippen molar-refractivity contribution in [3.8, 4) is 5.88 Å². The SMILES string of the molecule is COc1ccc(NC(=O)c2c(C)nsc2Nc2cncc(C(=O)NC3CN(CC(F)F)C3)n2)cn1. The Kier molecular flexibility index (Phi) is 7.41. The number of rotatable bonds is 9. The summed E-state index contributed by atoms with van der Waals surface area (Å²) < 4.78 is 34.1. The van der Waals surface area contributed by atoms with Gasteiger partial charge in [-0.2, -0.15) is 4.37 Å². The number of ether oxygens (including phenoxy) is 1. The number of aryl methyl sites for hydroxylation is 1. The lowest BCUT2D eigenvalue weighted by molar-refractivity contribution is 0.0378. The van der Waals surface area contributed by atoms with Gasteiger partial charge in [-0.15, -0.1) is 0 Å². The minimum absolute atomic E-state index is 0.0545. The van der Waals surface area contributed by atoms with Crippen molar-refractivity contribution in [1.29, 1.82) is 0 Å². The van der Waals surface area contributed by atoms with Crippen LogP contribution in [-0.4, -0.2) is 75.3 Å². The second-order valence-electron chi connectivity index (χ2n) is 7.71. The summed E-state index contributed by atoms with van der Waals surface area (Å²) in [4.78, 5) is 39.3. The Morgan fingerprint density at radius 2 is 2.03 bits per heavy atom. The number of halogens is 2. The number of carbonyl (C=O) groups is 2.